The van der Waals surface area contributed by atoms with E-state index in [1.54, 1.807) is 0 Å². The van der Waals surface area contributed by atoms with Crippen molar-refractivity contribution >= 4 is 17.6 Å². The molecule has 0 aliphatic carbocycles. The van der Waals surface area contributed by atoms with Crippen LogP contribution in [0.2, 0.25) is 0 Å². The second kappa shape index (κ2) is 3.54. The van der Waals surface area contributed by atoms with E-state index in [0.717, 1.165) is 0 Å². The maximum Gasteiger partial charge on any atom is 0.326 e. The lowest BCUT2D eigenvalue weighted by molar-refractivity contribution is -0.136. The molecule has 4 heteroatoms. The van der Waals surface area contributed by atoms with Gasteiger partial charge < -0.3 is 5.11 Å². The Bertz CT molecular complexity index is 284. The molecule has 1 aromatic carbocycles. The van der Waals surface area contributed by atoms with Gasteiger partial charge in [0.1, 0.15) is 5.82 Å². The molecule has 0 saturated heterocycles. The zero-order valence-corrected chi connectivity index (χ0v) is 6.75. The number of benzene rings is 1. The van der Waals surface area contributed by atoms with Gasteiger partial charge in [0, 0.05) is 0 Å². The van der Waals surface area contributed by atoms with E-state index in [-0.39, 0.29) is 0 Å². The SMILES string of the molecule is O=C(O)C(Cl)c1ccc(F)cc1. The molecule has 1 aromatic rings. The first-order valence-electron chi connectivity index (χ1n) is 3.23. The second-order valence-electron chi connectivity index (χ2n) is 2.25. The molecule has 12 heavy (non-hydrogen) atoms. The number of carboxylic acid groups (broad SMARTS) is 1. The predicted molar refractivity (Wildman–Crippen MR) is 42.6 cm³/mol. The summed E-state index contributed by atoms with van der Waals surface area (Å²) >= 11 is 5.47. The highest BCUT2D eigenvalue weighted by atomic mass is 35.5. The molecular weight excluding hydrogens is 183 g/mol. The number of aliphatic carboxylic acids is 1. The lowest BCUT2D eigenvalue weighted by atomic mass is 10.1. The van der Waals surface area contributed by atoms with Crippen LogP contribution in [0, 0.1) is 5.82 Å². The number of alkyl halides is 1. The van der Waals surface area contributed by atoms with Crippen molar-refractivity contribution in [2.45, 2.75) is 5.38 Å². The normalized spacial score (nSPS) is 12.5. The largest absolute Gasteiger partial charge is 0.480 e. The Kier molecular flexibility index (Phi) is 2.65. The van der Waals surface area contributed by atoms with Crippen molar-refractivity contribution in [2.75, 3.05) is 0 Å². The first kappa shape index (κ1) is 9.00. The fourth-order valence-corrected chi connectivity index (χ4v) is 0.920. The smallest absolute Gasteiger partial charge is 0.326 e. The summed E-state index contributed by atoms with van der Waals surface area (Å²) in [6.07, 6.45) is 0. The molecule has 0 fully saturated rings. The van der Waals surface area contributed by atoms with Crippen LogP contribution in [-0.2, 0) is 4.79 Å². The molecule has 0 saturated carbocycles. The van der Waals surface area contributed by atoms with Crippen LogP contribution in [0.4, 0.5) is 4.39 Å². The van der Waals surface area contributed by atoms with Gasteiger partial charge in [-0.15, -0.1) is 11.6 Å². The van der Waals surface area contributed by atoms with Crippen molar-refractivity contribution in [3.05, 3.63) is 35.6 Å². The van der Waals surface area contributed by atoms with Crippen molar-refractivity contribution in [3.63, 3.8) is 0 Å². The van der Waals surface area contributed by atoms with Gasteiger partial charge in [-0.25, -0.2) is 4.39 Å². The molecule has 0 bridgehead atoms. The van der Waals surface area contributed by atoms with Crippen LogP contribution in [0.25, 0.3) is 0 Å². The number of hydrogen-bond acceptors (Lipinski definition) is 1. The lowest BCUT2D eigenvalue weighted by Crippen LogP contribution is -2.04. The highest BCUT2D eigenvalue weighted by Crippen LogP contribution is 2.20. The first-order chi connectivity index (χ1) is 5.61. The van der Waals surface area contributed by atoms with E-state index in [0.29, 0.717) is 5.56 Å². The Morgan fingerprint density at radius 1 is 1.42 bits per heavy atom. The monoisotopic (exact) mass is 188 g/mol. The van der Waals surface area contributed by atoms with E-state index in [1.807, 2.05) is 0 Å². The molecule has 0 aromatic heterocycles. The van der Waals surface area contributed by atoms with Gasteiger partial charge in [0.25, 0.3) is 0 Å². The topological polar surface area (TPSA) is 37.3 Å². The number of carboxylic acids is 1. The van der Waals surface area contributed by atoms with Crippen LogP contribution in [0.3, 0.4) is 0 Å². The van der Waals surface area contributed by atoms with Gasteiger partial charge in [0.2, 0.25) is 0 Å². The molecule has 1 N–H and O–H groups in total. The standard InChI is InChI=1S/C8H6ClFO2/c9-7(8(11)12)5-1-3-6(10)4-2-5/h1-4,7H,(H,11,12). The number of hydrogen-bond donors (Lipinski definition) is 1. The van der Waals surface area contributed by atoms with Gasteiger partial charge in [-0.1, -0.05) is 12.1 Å². The number of rotatable bonds is 2. The number of carbonyl (C=O) groups is 1. The Morgan fingerprint density at radius 2 is 1.92 bits per heavy atom. The minimum Gasteiger partial charge on any atom is -0.480 e. The predicted octanol–water partition coefficient (Wildman–Crippen LogP) is 2.19. The van der Waals surface area contributed by atoms with Gasteiger partial charge >= 0.3 is 5.97 Å². The summed E-state index contributed by atoms with van der Waals surface area (Å²) in [5.74, 6) is -1.55. The lowest BCUT2D eigenvalue weighted by Gasteiger charge is -2.02. The molecule has 1 atom stereocenters. The third-order valence-corrected chi connectivity index (χ3v) is 1.82. The molecule has 64 valence electrons. The Morgan fingerprint density at radius 3 is 2.33 bits per heavy atom. The highest BCUT2D eigenvalue weighted by molar-refractivity contribution is 6.29. The summed E-state index contributed by atoms with van der Waals surface area (Å²) < 4.78 is 12.4. The molecule has 0 heterocycles. The van der Waals surface area contributed by atoms with E-state index in [1.165, 1.54) is 24.3 Å². The fraction of sp³-hybridized carbons (Fsp3) is 0.125. The molecule has 0 aliphatic rings. The average Bonchev–Trinajstić information content (AvgIpc) is 2.04. The third kappa shape index (κ3) is 1.95. The van der Waals surface area contributed by atoms with Crippen molar-refractivity contribution < 1.29 is 14.3 Å². The van der Waals surface area contributed by atoms with Crippen LogP contribution < -0.4 is 0 Å². The summed E-state index contributed by atoms with van der Waals surface area (Å²) in [4.78, 5) is 10.4. The maximum absolute atomic E-state index is 12.4. The maximum atomic E-state index is 12.4. The van der Waals surface area contributed by atoms with Crippen LogP contribution in [-0.4, -0.2) is 11.1 Å². The van der Waals surface area contributed by atoms with Gasteiger partial charge in [-0.2, -0.15) is 0 Å². The first-order valence-corrected chi connectivity index (χ1v) is 3.67. The minimum atomic E-state index is -1.14. The third-order valence-electron chi connectivity index (χ3n) is 1.38. The van der Waals surface area contributed by atoms with E-state index >= 15 is 0 Å². The minimum absolute atomic E-state index is 0.380. The Labute approximate surface area is 73.6 Å². The van der Waals surface area contributed by atoms with Crippen molar-refractivity contribution in [1.29, 1.82) is 0 Å². The summed E-state index contributed by atoms with van der Waals surface area (Å²) in [6.45, 7) is 0. The van der Waals surface area contributed by atoms with Crippen molar-refractivity contribution in [3.8, 4) is 0 Å². The number of halogens is 2. The fourth-order valence-electron chi connectivity index (χ4n) is 0.774. The van der Waals surface area contributed by atoms with Crippen LogP contribution in [0.5, 0.6) is 0 Å². The zero-order chi connectivity index (χ0) is 9.14. The summed E-state index contributed by atoms with van der Waals surface area (Å²) in [6, 6.07) is 5.05. The van der Waals surface area contributed by atoms with Gasteiger partial charge in [-0.3, -0.25) is 4.79 Å². The van der Waals surface area contributed by atoms with Crippen LogP contribution in [0.15, 0.2) is 24.3 Å². The summed E-state index contributed by atoms with van der Waals surface area (Å²) in [7, 11) is 0. The van der Waals surface area contributed by atoms with Crippen molar-refractivity contribution in [2.24, 2.45) is 0 Å². The van der Waals surface area contributed by atoms with E-state index in [2.05, 4.69) is 0 Å². The van der Waals surface area contributed by atoms with E-state index in [9.17, 15) is 9.18 Å². The average molecular weight is 189 g/mol. The Hall–Kier alpha value is -1.09. The van der Waals surface area contributed by atoms with Gasteiger partial charge in [0.05, 0.1) is 0 Å². The van der Waals surface area contributed by atoms with Gasteiger partial charge in [0.15, 0.2) is 5.38 Å². The Balaban J connectivity index is 2.89. The molecule has 2 nitrogen and oxygen atoms in total. The van der Waals surface area contributed by atoms with E-state index in [4.69, 9.17) is 16.7 Å². The highest BCUT2D eigenvalue weighted by Gasteiger charge is 2.15. The van der Waals surface area contributed by atoms with E-state index < -0.39 is 17.2 Å². The molecule has 1 unspecified atom stereocenters. The summed E-state index contributed by atoms with van der Waals surface area (Å²) in [5.41, 5.74) is 0.380. The molecule has 0 aliphatic heterocycles. The van der Waals surface area contributed by atoms with Crippen LogP contribution in [0.1, 0.15) is 10.9 Å². The van der Waals surface area contributed by atoms with Gasteiger partial charge in [-0.05, 0) is 17.7 Å². The quantitative estimate of drug-likeness (QED) is 0.723. The zero-order valence-electron chi connectivity index (χ0n) is 6.00. The molecular formula is C8H6ClFO2. The summed E-state index contributed by atoms with van der Waals surface area (Å²) in [5, 5.41) is 7.37. The second-order valence-corrected chi connectivity index (χ2v) is 2.69. The molecule has 0 radical (unpaired) electrons. The molecule has 0 amide bonds. The van der Waals surface area contributed by atoms with Crippen LogP contribution >= 0.6 is 11.6 Å². The van der Waals surface area contributed by atoms with Crippen molar-refractivity contribution in [1.82, 2.24) is 0 Å². The molecule has 0 spiro atoms. The molecule has 1 rings (SSSR count).